The van der Waals surface area contributed by atoms with E-state index in [1.165, 1.54) is 0 Å². The lowest BCUT2D eigenvalue weighted by Crippen LogP contribution is -2.24. The van der Waals surface area contributed by atoms with E-state index < -0.39 is 0 Å². The molecular formula is C10H18N2O. The van der Waals surface area contributed by atoms with E-state index in [0.717, 1.165) is 17.1 Å². The van der Waals surface area contributed by atoms with Crippen LogP contribution >= 0.6 is 0 Å². The molecule has 1 heterocycles. The number of methoxy groups -OCH3 is 1. The first-order chi connectivity index (χ1) is 5.88. The SMILES string of the molecule is COc1c(C)nn(C(C)(C)C)c1C. The summed E-state index contributed by atoms with van der Waals surface area (Å²) in [5.74, 6) is 0.898. The Balaban J connectivity index is 3.26. The Labute approximate surface area is 79.7 Å². The molecule has 0 N–H and O–H groups in total. The van der Waals surface area contributed by atoms with Gasteiger partial charge in [0.05, 0.1) is 18.3 Å². The molecule has 1 aromatic rings. The molecule has 0 spiro atoms. The predicted octanol–water partition coefficient (Wildman–Crippen LogP) is 2.26. The number of aromatic nitrogens is 2. The minimum Gasteiger partial charge on any atom is -0.493 e. The van der Waals surface area contributed by atoms with Crippen LogP contribution < -0.4 is 4.74 Å². The molecule has 0 aliphatic carbocycles. The molecule has 0 aliphatic heterocycles. The third-order valence-electron chi connectivity index (χ3n) is 2.06. The van der Waals surface area contributed by atoms with Crippen LogP contribution in [0.25, 0.3) is 0 Å². The number of aryl methyl sites for hydroxylation is 1. The molecule has 0 bridgehead atoms. The van der Waals surface area contributed by atoms with Crippen molar-refractivity contribution in [3.63, 3.8) is 0 Å². The van der Waals surface area contributed by atoms with Crippen molar-refractivity contribution in [2.45, 2.75) is 40.2 Å². The first-order valence-electron chi connectivity index (χ1n) is 4.48. The van der Waals surface area contributed by atoms with E-state index in [1.807, 2.05) is 18.5 Å². The summed E-state index contributed by atoms with van der Waals surface area (Å²) in [6, 6.07) is 0. The van der Waals surface area contributed by atoms with Crippen molar-refractivity contribution in [3.8, 4) is 5.75 Å². The van der Waals surface area contributed by atoms with Gasteiger partial charge in [-0.25, -0.2) is 0 Å². The second-order valence-corrected chi connectivity index (χ2v) is 4.29. The quantitative estimate of drug-likeness (QED) is 0.666. The molecule has 0 saturated heterocycles. The summed E-state index contributed by atoms with van der Waals surface area (Å²) in [6.45, 7) is 10.4. The lowest BCUT2D eigenvalue weighted by Gasteiger charge is -2.21. The van der Waals surface area contributed by atoms with E-state index in [0.29, 0.717) is 0 Å². The van der Waals surface area contributed by atoms with Crippen LogP contribution in [0.15, 0.2) is 0 Å². The summed E-state index contributed by atoms with van der Waals surface area (Å²) >= 11 is 0. The number of rotatable bonds is 1. The molecule has 74 valence electrons. The van der Waals surface area contributed by atoms with Crippen LogP contribution in [0, 0.1) is 13.8 Å². The average Bonchev–Trinajstić information content (AvgIpc) is 2.25. The van der Waals surface area contributed by atoms with Crippen LogP contribution in [-0.4, -0.2) is 16.9 Å². The first-order valence-corrected chi connectivity index (χ1v) is 4.48. The second-order valence-electron chi connectivity index (χ2n) is 4.29. The summed E-state index contributed by atoms with van der Waals surface area (Å²) in [5.41, 5.74) is 2.06. The maximum absolute atomic E-state index is 5.27. The molecular weight excluding hydrogens is 164 g/mol. The Hall–Kier alpha value is -0.990. The van der Waals surface area contributed by atoms with Crippen molar-refractivity contribution in [2.75, 3.05) is 7.11 Å². The maximum Gasteiger partial charge on any atom is 0.162 e. The van der Waals surface area contributed by atoms with Gasteiger partial charge in [0.2, 0.25) is 0 Å². The Bertz CT molecular complexity index is 307. The van der Waals surface area contributed by atoms with Crippen LogP contribution in [0.2, 0.25) is 0 Å². The summed E-state index contributed by atoms with van der Waals surface area (Å²) in [5, 5.41) is 4.44. The Kier molecular flexibility index (Phi) is 2.37. The zero-order valence-corrected chi connectivity index (χ0v) is 9.30. The molecule has 3 heteroatoms. The van der Waals surface area contributed by atoms with Gasteiger partial charge in [-0.3, -0.25) is 4.68 Å². The molecule has 0 amide bonds. The Morgan fingerprint density at radius 1 is 1.23 bits per heavy atom. The van der Waals surface area contributed by atoms with Crippen LogP contribution in [0.5, 0.6) is 5.75 Å². The van der Waals surface area contributed by atoms with E-state index in [1.54, 1.807) is 7.11 Å². The van der Waals surface area contributed by atoms with Gasteiger partial charge in [0.15, 0.2) is 5.75 Å². The number of hydrogen-bond donors (Lipinski definition) is 0. The largest absolute Gasteiger partial charge is 0.493 e. The highest BCUT2D eigenvalue weighted by atomic mass is 16.5. The molecule has 1 rings (SSSR count). The molecule has 0 saturated carbocycles. The Morgan fingerprint density at radius 2 is 1.77 bits per heavy atom. The highest BCUT2D eigenvalue weighted by molar-refractivity contribution is 5.32. The minimum atomic E-state index is 0.0195. The topological polar surface area (TPSA) is 27.1 Å². The van der Waals surface area contributed by atoms with Gasteiger partial charge in [-0.05, 0) is 34.6 Å². The molecule has 13 heavy (non-hydrogen) atoms. The summed E-state index contributed by atoms with van der Waals surface area (Å²) in [7, 11) is 1.68. The van der Waals surface area contributed by atoms with E-state index in [2.05, 4.69) is 25.9 Å². The molecule has 0 atom stereocenters. The first kappa shape index (κ1) is 10.1. The monoisotopic (exact) mass is 182 g/mol. The predicted molar refractivity (Wildman–Crippen MR) is 53.2 cm³/mol. The van der Waals surface area contributed by atoms with Gasteiger partial charge in [0.25, 0.3) is 0 Å². The molecule has 0 radical (unpaired) electrons. The minimum absolute atomic E-state index is 0.0195. The zero-order chi connectivity index (χ0) is 10.2. The summed E-state index contributed by atoms with van der Waals surface area (Å²) < 4.78 is 7.27. The van der Waals surface area contributed by atoms with Gasteiger partial charge < -0.3 is 4.74 Å². The van der Waals surface area contributed by atoms with Gasteiger partial charge in [-0.1, -0.05) is 0 Å². The Morgan fingerprint density at radius 3 is 2.00 bits per heavy atom. The lowest BCUT2D eigenvalue weighted by molar-refractivity contribution is 0.342. The van der Waals surface area contributed by atoms with E-state index in [-0.39, 0.29) is 5.54 Å². The van der Waals surface area contributed by atoms with Gasteiger partial charge in [-0.2, -0.15) is 5.10 Å². The van der Waals surface area contributed by atoms with E-state index in [9.17, 15) is 0 Å². The van der Waals surface area contributed by atoms with Gasteiger partial charge in [-0.15, -0.1) is 0 Å². The van der Waals surface area contributed by atoms with Crippen molar-refractivity contribution in [3.05, 3.63) is 11.4 Å². The van der Waals surface area contributed by atoms with Gasteiger partial charge in [0.1, 0.15) is 5.69 Å². The fourth-order valence-corrected chi connectivity index (χ4v) is 1.58. The number of ether oxygens (including phenoxy) is 1. The van der Waals surface area contributed by atoms with Crippen molar-refractivity contribution in [2.24, 2.45) is 0 Å². The van der Waals surface area contributed by atoms with Crippen LogP contribution in [-0.2, 0) is 5.54 Å². The number of hydrogen-bond acceptors (Lipinski definition) is 2. The van der Waals surface area contributed by atoms with Crippen LogP contribution in [0.4, 0.5) is 0 Å². The van der Waals surface area contributed by atoms with Crippen LogP contribution in [0.1, 0.15) is 32.2 Å². The van der Waals surface area contributed by atoms with Crippen LogP contribution in [0.3, 0.4) is 0 Å². The van der Waals surface area contributed by atoms with Gasteiger partial charge in [0, 0.05) is 0 Å². The molecule has 0 fully saturated rings. The third-order valence-corrected chi connectivity index (χ3v) is 2.06. The van der Waals surface area contributed by atoms with Crippen molar-refractivity contribution in [1.29, 1.82) is 0 Å². The highest BCUT2D eigenvalue weighted by Gasteiger charge is 2.20. The normalized spacial score (nSPS) is 11.8. The summed E-state index contributed by atoms with van der Waals surface area (Å²) in [4.78, 5) is 0. The number of nitrogens with zero attached hydrogens (tertiary/aromatic N) is 2. The average molecular weight is 182 g/mol. The van der Waals surface area contributed by atoms with E-state index >= 15 is 0 Å². The molecule has 0 unspecified atom stereocenters. The third kappa shape index (κ3) is 1.69. The smallest absolute Gasteiger partial charge is 0.162 e. The van der Waals surface area contributed by atoms with E-state index in [4.69, 9.17) is 4.74 Å². The fourth-order valence-electron chi connectivity index (χ4n) is 1.58. The zero-order valence-electron chi connectivity index (χ0n) is 9.30. The maximum atomic E-state index is 5.27. The lowest BCUT2D eigenvalue weighted by atomic mass is 10.1. The molecule has 3 nitrogen and oxygen atoms in total. The second kappa shape index (κ2) is 3.05. The van der Waals surface area contributed by atoms with Crippen molar-refractivity contribution < 1.29 is 4.74 Å². The molecule has 0 aromatic carbocycles. The van der Waals surface area contributed by atoms with Crippen molar-refractivity contribution in [1.82, 2.24) is 9.78 Å². The molecule has 1 aromatic heterocycles. The fraction of sp³-hybridized carbons (Fsp3) is 0.700. The van der Waals surface area contributed by atoms with Gasteiger partial charge >= 0.3 is 0 Å². The standard InChI is InChI=1S/C10H18N2O/c1-7-9(13-6)8(2)12(11-7)10(3,4)5/h1-6H3. The highest BCUT2D eigenvalue weighted by Crippen LogP contribution is 2.26. The van der Waals surface area contributed by atoms with Crippen molar-refractivity contribution >= 4 is 0 Å². The molecule has 0 aliphatic rings. The summed E-state index contributed by atoms with van der Waals surface area (Å²) in [6.07, 6.45) is 0.